The van der Waals surface area contributed by atoms with Gasteiger partial charge in [-0.25, -0.2) is 0 Å². The number of rotatable bonds is 8. The molecule has 0 saturated carbocycles. The van der Waals surface area contributed by atoms with Gasteiger partial charge in [0, 0.05) is 19.0 Å². The number of amides is 1. The van der Waals surface area contributed by atoms with E-state index in [0.717, 1.165) is 13.0 Å². The Morgan fingerprint density at radius 1 is 1.14 bits per heavy atom. The van der Waals surface area contributed by atoms with Gasteiger partial charge >= 0.3 is 0 Å². The first-order valence-electron chi connectivity index (χ1n) is 7.65. The molecule has 21 heavy (non-hydrogen) atoms. The molecule has 0 aliphatic carbocycles. The number of halogens is 1. The van der Waals surface area contributed by atoms with Gasteiger partial charge in [0.05, 0.1) is 0 Å². The summed E-state index contributed by atoms with van der Waals surface area (Å²) in [6.45, 7) is 10.0. The molecule has 4 heteroatoms. The number of carbonyl (C=O) groups excluding carboxylic acids is 1. The van der Waals surface area contributed by atoms with Gasteiger partial charge in [0.2, 0.25) is 5.91 Å². The molecule has 0 aromatic heterocycles. The van der Waals surface area contributed by atoms with Crippen LogP contribution in [0.5, 0.6) is 0 Å². The molecule has 3 nitrogen and oxygen atoms in total. The zero-order valence-electron chi connectivity index (χ0n) is 13.6. The maximum atomic E-state index is 11.9. The van der Waals surface area contributed by atoms with E-state index in [0.29, 0.717) is 19.0 Å². The first kappa shape index (κ1) is 19.9. The molecule has 1 aromatic rings. The van der Waals surface area contributed by atoms with Crippen LogP contribution in [-0.2, 0) is 11.2 Å². The van der Waals surface area contributed by atoms with Gasteiger partial charge in [0.25, 0.3) is 0 Å². The molecule has 0 bridgehead atoms. The summed E-state index contributed by atoms with van der Waals surface area (Å²) >= 11 is 0. The minimum absolute atomic E-state index is 0. The van der Waals surface area contributed by atoms with Crippen molar-refractivity contribution < 1.29 is 4.79 Å². The molecule has 0 radical (unpaired) electrons. The molecule has 0 aliphatic rings. The third-order valence-electron chi connectivity index (χ3n) is 3.61. The Hall–Kier alpha value is -1.06. The van der Waals surface area contributed by atoms with Gasteiger partial charge in [-0.15, -0.1) is 12.4 Å². The molecule has 2 atom stereocenters. The third kappa shape index (κ3) is 7.49. The van der Waals surface area contributed by atoms with Gasteiger partial charge in [0.1, 0.15) is 0 Å². The summed E-state index contributed by atoms with van der Waals surface area (Å²) in [5, 5.41) is 6.27. The summed E-state index contributed by atoms with van der Waals surface area (Å²) in [5.41, 5.74) is 2.57. The Kier molecular flexibility index (Phi) is 10.1. The van der Waals surface area contributed by atoms with Crippen LogP contribution in [-0.4, -0.2) is 25.0 Å². The van der Waals surface area contributed by atoms with Crippen molar-refractivity contribution in [3.8, 4) is 0 Å². The van der Waals surface area contributed by atoms with E-state index in [2.05, 4.69) is 62.6 Å². The molecule has 1 unspecified atom stereocenters. The number of aryl methyl sites for hydroxylation is 1. The lowest BCUT2D eigenvalue weighted by molar-refractivity contribution is -0.121. The SMILES string of the molecule is CCN[C@H](C)CNC(=O)CC(C)c1ccc(CC)cc1.Cl. The summed E-state index contributed by atoms with van der Waals surface area (Å²) in [6.07, 6.45) is 1.60. The minimum atomic E-state index is 0. The number of nitrogens with one attached hydrogen (secondary N) is 2. The van der Waals surface area contributed by atoms with Crippen molar-refractivity contribution in [3.05, 3.63) is 35.4 Å². The van der Waals surface area contributed by atoms with E-state index >= 15 is 0 Å². The number of hydrogen-bond acceptors (Lipinski definition) is 2. The summed E-state index contributed by atoms with van der Waals surface area (Å²) < 4.78 is 0. The highest BCUT2D eigenvalue weighted by Crippen LogP contribution is 2.19. The second-order valence-corrected chi connectivity index (χ2v) is 5.46. The topological polar surface area (TPSA) is 41.1 Å². The van der Waals surface area contributed by atoms with Crippen molar-refractivity contribution >= 4 is 18.3 Å². The van der Waals surface area contributed by atoms with Gasteiger partial charge in [-0.1, -0.05) is 45.0 Å². The molecule has 0 heterocycles. The van der Waals surface area contributed by atoms with Crippen molar-refractivity contribution in [2.45, 2.75) is 52.5 Å². The molecular formula is C17H29ClN2O. The fourth-order valence-electron chi connectivity index (χ4n) is 2.24. The minimum Gasteiger partial charge on any atom is -0.355 e. The normalized spacial score (nSPS) is 13.1. The lowest BCUT2D eigenvalue weighted by Gasteiger charge is -2.15. The van der Waals surface area contributed by atoms with Crippen molar-refractivity contribution in [3.63, 3.8) is 0 Å². The average molecular weight is 313 g/mol. The van der Waals surface area contributed by atoms with E-state index in [4.69, 9.17) is 0 Å². The van der Waals surface area contributed by atoms with E-state index in [-0.39, 0.29) is 24.2 Å². The van der Waals surface area contributed by atoms with Crippen LogP contribution >= 0.6 is 12.4 Å². The maximum Gasteiger partial charge on any atom is 0.220 e. The van der Waals surface area contributed by atoms with Crippen LogP contribution < -0.4 is 10.6 Å². The van der Waals surface area contributed by atoms with Crippen LogP contribution in [0.15, 0.2) is 24.3 Å². The van der Waals surface area contributed by atoms with Gasteiger partial charge in [-0.2, -0.15) is 0 Å². The standard InChI is InChI=1S/C17H28N2O.ClH/c1-5-15-7-9-16(10-8-15)13(3)11-17(20)19-12-14(4)18-6-2;/h7-10,13-14,18H,5-6,11-12H2,1-4H3,(H,19,20);1H/t13?,14-;/m1./s1. The fraction of sp³-hybridized carbons (Fsp3) is 0.588. The van der Waals surface area contributed by atoms with Gasteiger partial charge in [-0.05, 0) is 36.9 Å². The summed E-state index contributed by atoms with van der Waals surface area (Å²) in [7, 11) is 0. The van der Waals surface area contributed by atoms with E-state index < -0.39 is 0 Å². The zero-order chi connectivity index (χ0) is 15.0. The van der Waals surface area contributed by atoms with E-state index in [9.17, 15) is 4.79 Å². The maximum absolute atomic E-state index is 11.9. The molecule has 1 rings (SSSR count). The molecule has 0 saturated heterocycles. The molecule has 1 aromatic carbocycles. The van der Waals surface area contributed by atoms with Crippen molar-refractivity contribution in [1.82, 2.24) is 10.6 Å². The fourth-order valence-corrected chi connectivity index (χ4v) is 2.24. The molecule has 0 fully saturated rings. The van der Waals surface area contributed by atoms with Crippen molar-refractivity contribution in [2.75, 3.05) is 13.1 Å². The average Bonchev–Trinajstić information content (AvgIpc) is 2.45. The highest BCUT2D eigenvalue weighted by Gasteiger charge is 2.11. The van der Waals surface area contributed by atoms with Gasteiger partial charge in [0.15, 0.2) is 0 Å². The molecule has 0 aliphatic heterocycles. The Balaban J connectivity index is 0.00000400. The van der Waals surface area contributed by atoms with E-state index in [1.165, 1.54) is 11.1 Å². The Morgan fingerprint density at radius 2 is 1.76 bits per heavy atom. The number of hydrogen-bond donors (Lipinski definition) is 2. The van der Waals surface area contributed by atoms with Crippen LogP contribution in [0, 0.1) is 0 Å². The van der Waals surface area contributed by atoms with Crippen LogP contribution in [0.2, 0.25) is 0 Å². The monoisotopic (exact) mass is 312 g/mol. The first-order chi connectivity index (χ1) is 9.56. The molecule has 1 amide bonds. The Labute approximate surface area is 135 Å². The highest BCUT2D eigenvalue weighted by atomic mass is 35.5. The van der Waals surface area contributed by atoms with Crippen LogP contribution in [0.4, 0.5) is 0 Å². The molecule has 2 N–H and O–H groups in total. The highest BCUT2D eigenvalue weighted by molar-refractivity contribution is 5.85. The number of benzene rings is 1. The molecule has 120 valence electrons. The van der Waals surface area contributed by atoms with Gasteiger partial charge in [-0.3, -0.25) is 4.79 Å². The Bertz CT molecular complexity index is 406. The predicted molar refractivity (Wildman–Crippen MR) is 92.2 cm³/mol. The summed E-state index contributed by atoms with van der Waals surface area (Å²) in [5.74, 6) is 0.386. The van der Waals surface area contributed by atoms with E-state index in [1.54, 1.807) is 0 Å². The van der Waals surface area contributed by atoms with Crippen molar-refractivity contribution in [2.24, 2.45) is 0 Å². The molecular weight excluding hydrogens is 284 g/mol. The van der Waals surface area contributed by atoms with Crippen LogP contribution in [0.25, 0.3) is 0 Å². The summed E-state index contributed by atoms with van der Waals surface area (Å²) in [6, 6.07) is 8.90. The predicted octanol–water partition coefficient (Wildman–Crippen LogP) is 3.28. The van der Waals surface area contributed by atoms with Gasteiger partial charge < -0.3 is 10.6 Å². The Morgan fingerprint density at radius 3 is 2.29 bits per heavy atom. The largest absolute Gasteiger partial charge is 0.355 e. The number of likely N-dealkylation sites (N-methyl/N-ethyl adjacent to an activating group) is 1. The lowest BCUT2D eigenvalue weighted by atomic mass is 9.96. The number of carbonyl (C=O) groups is 1. The first-order valence-corrected chi connectivity index (χ1v) is 7.65. The van der Waals surface area contributed by atoms with Crippen LogP contribution in [0.3, 0.4) is 0 Å². The van der Waals surface area contributed by atoms with Crippen molar-refractivity contribution in [1.29, 1.82) is 0 Å². The summed E-state index contributed by atoms with van der Waals surface area (Å²) in [4.78, 5) is 11.9. The molecule has 0 spiro atoms. The van der Waals surface area contributed by atoms with Crippen LogP contribution in [0.1, 0.15) is 51.2 Å². The smallest absolute Gasteiger partial charge is 0.220 e. The zero-order valence-corrected chi connectivity index (χ0v) is 14.4. The quantitative estimate of drug-likeness (QED) is 0.773. The third-order valence-corrected chi connectivity index (χ3v) is 3.61. The second-order valence-electron chi connectivity index (χ2n) is 5.46. The second kappa shape index (κ2) is 10.6. The van der Waals surface area contributed by atoms with E-state index in [1.807, 2.05) is 0 Å². The lowest BCUT2D eigenvalue weighted by Crippen LogP contribution is -2.39.